The molecular formula is C26H24N6O2. The van der Waals surface area contributed by atoms with E-state index in [1.165, 1.54) is 6.33 Å². The number of aryl methyl sites for hydroxylation is 1. The summed E-state index contributed by atoms with van der Waals surface area (Å²) < 4.78 is 8.02. The Morgan fingerprint density at radius 2 is 1.91 bits per heavy atom. The van der Waals surface area contributed by atoms with Crippen LogP contribution in [0, 0.1) is 6.92 Å². The molecule has 0 spiro atoms. The van der Waals surface area contributed by atoms with Crippen molar-refractivity contribution in [1.29, 1.82) is 0 Å². The van der Waals surface area contributed by atoms with Crippen molar-refractivity contribution in [3.05, 3.63) is 84.6 Å². The van der Waals surface area contributed by atoms with Crippen molar-refractivity contribution in [3.8, 4) is 11.5 Å². The van der Waals surface area contributed by atoms with Gasteiger partial charge >= 0.3 is 0 Å². The first-order valence-electron chi connectivity index (χ1n) is 10.9. The Labute approximate surface area is 196 Å². The lowest BCUT2D eigenvalue weighted by Crippen LogP contribution is -2.23. The first-order valence-corrected chi connectivity index (χ1v) is 10.9. The van der Waals surface area contributed by atoms with Gasteiger partial charge in [-0.15, -0.1) is 0 Å². The van der Waals surface area contributed by atoms with Crippen molar-refractivity contribution >= 4 is 34.0 Å². The fourth-order valence-electron chi connectivity index (χ4n) is 3.71. The third kappa shape index (κ3) is 4.38. The van der Waals surface area contributed by atoms with Gasteiger partial charge in [0.05, 0.1) is 11.9 Å². The minimum Gasteiger partial charge on any atom is -0.457 e. The second kappa shape index (κ2) is 8.82. The minimum atomic E-state index is 0.0452. The zero-order valence-corrected chi connectivity index (χ0v) is 19.2. The maximum Gasteiger partial charge on any atom is 0.226 e. The Balaban J connectivity index is 1.38. The average molecular weight is 453 g/mol. The van der Waals surface area contributed by atoms with E-state index >= 15 is 0 Å². The molecule has 3 heterocycles. The van der Waals surface area contributed by atoms with Crippen molar-refractivity contribution in [2.75, 3.05) is 19.4 Å². The van der Waals surface area contributed by atoms with Gasteiger partial charge in [-0.25, -0.2) is 15.0 Å². The van der Waals surface area contributed by atoms with Gasteiger partial charge in [0.25, 0.3) is 0 Å². The molecule has 2 aromatic carbocycles. The fourth-order valence-corrected chi connectivity index (χ4v) is 3.71. The zero-order chi connectivity index (χ0) is 23.7. The summed E-state index contributed by atoms with van der Waals surface area (Å²) in [5.41, 5.74) is 4.41. The lowest BCUT2D eigenvalue weighted by molar-refractivity contribution is -0.127. The van der Waals surface area contributed by atoms with E-state index in [0.29, 0.717) is 12.2 Å². The van der Waals surface area contributed by atoms with E-state index in [9.17, 15) is 4.79 Å². The Hall–Kier alpha value is -4.46. The maximum atomic E-state index is 12.1. The Bertz CT molecular complexity index is 1510. The summed E-state index contributed by atoms with van der Waals surface area (Å²) >= 11 is 0. The first-order chi connectivity index (χ1) is 16.5. The molecule has 5 rings (SSSR count). The van der Waals surface area contributed by atoms with Crippen LogP contribution in [-0.4, -0.2) is 44.3 Å². The van der Waals surface area contributed by atoms with Gasteiger partial charge in [0.2, 0.25) is 5.91 Å². The summed E-state index contributed by atoms with van der Waals surface area (Å²) in [4.78, 5) is 26.8. The van der Waals surface area contributed by atoms with E-state index in [4.69, 9.17) is 4.74 Å². The molecule has 3 aromatic heterocycles. The summed E-state index contributed by atoms with van der Waals surface area (Å²) in [6, 6.07) is 15.5. The molecular weight excluding hydrogens is 428 g/mol. The third-order valence-corrected chi connectivity index (χ3v) is 5.59. The van der Waals surface area contributed by atoms with Crippen LogP contribution in [0.1, 0.15) is 11.1 Å². The number of hydrogen-bond donors (Lipinski definition) is 1. The molecule has 8 nitrogen and oxygen atoms in total. The monoisotopic (exact) mass is 452 g/mol. The number of carbonyl (C=O) groups excluding carboxylic acids is 1. The number of anilines is 2. The summed E-state index contributed by atoms with van der Waals surface area (Å²) in [5, 5.41) is 4.25. The molecule has 0 aliphatic heterocycles. The number of aromatic nitrogens is 4. The normalized spacial score (nSPS) is 11.0. The SMILES string of the molecule is Cc1cc(Nc2ncnc3ccc(CC(=O)N(C)C)cc23)ccc1Oc1ccn2ccnc2c1. The molecule has 5 aromatic rings. The van der Waals surface area contributed by atoms with Gasteiger partial charge in [-0.1, -0.05) is 6.07 Å². The van der Waals surface area contributed by atoms with E-state index in [1.807, 2.05) is 72.2 Å². The van der Waals surface area contributed by atoms with Crippen LogP contribution in [0.15, 0.2) is 73.4 Å². The van der Waals surface area contributed by atoms with E-state index in [1.54, 1.807) is 25.2 Å². The standard InChI is InChI=1S/C26H24N6O2/c1-17-12-19(5-7-23(17)34-20-8-10-32-11-9-27-24(32)15-20)30-26-21-13-18(14-25(33)31(2)3)4-6-22(21)28-16-29-26/h4-13,15-16H,14H2,1-3H3,(H,28,29,30). The minimum absolute atomic E-state index is 0.0452. The number of likely N-dealkylation sites (N-methyl/N-ethyl adjacent to an activating group) is 1. The molecule has 1 N–H and O–H groups in total. The number of benzene rings is 2. The quantitative estimate of drug-likeness (QED) is 0.400. The molecule has 0 unspecified atom stereocenters. The number of hydrogen-bond acceptors (Lipinski definition) is 6. The van der Waals surface area contributed by atoms with Crippen molar-refractivity contribution in [1.82, 2.24) is 24.3 Å². The van der Waals surface area contributed by atoms with Gasteiger partial charge in [0.1, 0.15) is 29.3 Å². The third-order valence-electron chi connectivity index (χ3n) is 5.59. The molecule has 0 aliphatic rings. The number of nitrogens with zero attached hydrogens (tertiary/aromatic N) is 5. The van der Waals surface area contributed by atoms with Gasteiger partial charge < -0.3 is 19.4 Å². The van der Waals surface area contributed by atoms with Crippen LogP contribution in [0.2, 0.25) is 0 Å². The molecule has 0 aliphatic carbocycles. The number of carbonyl (C=O) groups is 1. The van der Waals surface area contributed by atoms with Crippen LogP contribution in [-0.2, 0) is 11.2 Å². The highest BCUT2D eigenvalue weighted by Gasteiger charge is 2.11. The van der Waals surface area contributed by atoms with E-state index < -0.39 is 0 Å². The smallest absolute Gasteiger partial charge is 0.226 e. The Morgan fingerprint density at radius 1 is 1.03 bits per heavy atom. The second-order valence-corrected chi connectivity index (χ2v) is 8.30. The molecule has 0 atom stereocenters. The molecule has 170 valence electrons. The van der Waals surface area contributed by atoms with Crippen LogP contribution < -0.4 is 10.1 Å². The number of imidazole rings is 1. The van der Waals surface area contributed by atoms with Crippen molar-refractivity contribution in [2.24, 2.45) is 0 Å². The largest absolute Gasteiger partial charge is 0.457 e. The van der Waals surface area contributed by atoms with Gasteiger partial charge in [0.15, 0.2) is 0 Å². The number of fused-ring (bicyclic) bond motifs is 2. The van der Waals surface area contributed by atoms with Crippen LogP contribution in [0.3, 0.4) is 0 Å². The highest BCUT2D eigenvalue weighted by Crippen LogP contribution is 2.30. The van der Waals surface area contributed by atoms with E-state index in [2.05, 4.69) is 20.3 Å². The summed E-state index contributed by atoms with van der Waals surface area (Å²) in [7, 11) is 3.51. The lowest BCUT2D eigenvalue weighted by Gasteiger charge is -2.13. The maximum absolute atomic E-state index is 12.1. The zero-order valence-electron chi connectivity index (χ0n) is 19.2. The number of nitrogens with one attached hydrogen (secondary N) is 1. The predicted molar refractivity (Wildman–Crippen MR) is 132 cm³/mol. The van der Waals surface area contributed by atoms with Gasteiger partial charge in [0, 0.05) is 49.8 Å². The van der Waals surface area contributed by atoms with Gasteiger partial charge in [-0.2, -0.15) is 0 Å². The molecule has 0 fully saturated rings. The highest BCUT2D eigenvalue weighted by molar-refractivity contribution is 5.92. The lowest BCUT2D eigenvalue weighted by atomic mass is 10.1. The number of amides is 1. The molecule has 0 radical (unpaired) electrons. The van der Waals surface area contributed by atoms with Crippen LogP contribution in [0.5, 0.6) is 11.5 Å². The van der Waals surface area contributed by atoms with E-state index in [-0.39, 0.29) is 5.91 Å². The molecule has 0 saturated heterocycles. The molecule has 34 heavy (non-hydrogen) atoms. The molecule has 0 bridgehead atoms. The van der Waals surface area contributed by atoms with Crippen LogP contribution >= 0.6 is 0 Å². The number of pyridine rings is 1. The van der Waals surface area contributed by atoms with Crippen molar-refractivity contribution in [3.63, 3.8) is 0 Å². The Morgan fingerprint density at radius 3 is 2.74 bits per heavy atom. The fraction of sp³-hybridized carbons (Fsp3) is 0.154. The predicted octanol–water partition coefficient (Wildman–Crippen LogP) is 4.75. The summed E-state index contributed by atoms with van der Waals surface area (Å²) in [5.74, 6) is 2.22. The molecule has 1 amide bonds. The highest BCUT2D eigenvalue weighted by atomic mass is 16.5. The molecule has 0 saturated carbocycles. The van der Waals surface area contributed by atoms with Crippen molar-refractivity contribution < 1.29 is 9.53 Å². The molecule has 8 heteroatoms. The van der Waals surface area contributed by atoms with E-state index in [0.717, 1.165) is 44.9 Å². The van der Waals surface area contributed by atoms with Gasteiger partial charge in [-0.05, 0) is 54.4 Å². The number of ether oxygens (including phenoxy) is 1. The first kappa shape index (κ1) is 21.4. The number of rotatable bonds is 6. The van der Waals surface area contributed by atoms with Crippen LogP contribution in [0.4, 0.5) is 11.5 Å². The topological polar surface area (TPSA) is 84.7 Å². The summed E-state index contributed by atoms with van der Waals surface area (Å²) in [6.07, 6.45) is 7.43. The van der Waals surface area contributed by atoms with Crippen molar-refractivity contribution in [2.45, 2.75) is 13.3 Å². The van der Waals surface area contributed by atoms with Gasteiger partial charge in [-0.3, -0.25) is 4.79 Å². The second-order valence-electron chi connectivity index (χ2n) is 8.30. The van der Waals surface area contributed by atoms with Crippen LogP contribution in [0.25, 0.3) is 16.6 Å². The summed E-state index contributed by atoms with van der Waals surface area (Å²) in [6.45, 7) is 2.00. The average Bonchev–Trinajstić information content (AvgIpc) is 3.29. The Kier molecular flexibility index (Phi) is 5.55.